The van der Waals surface area contributed by atoms with E-state index >= 15 is 0 Å². The molecule has 0 radical (unpaired) electrons. The summed E-state index contributed by atoms with van der Waals surface area (Å²) in [6, 6.07) is 0. The predicted octanol–water partition coefficient (Wildman–Crippen LogP) is 0.0307. The van der Waals surface area contributed by atoms with E-state index in [1.807, 2.05) is 5.01 Å². The summed E-state index contributed by atoms with van der Waals surface area (Å²) >= 11 is 0. The molecule has 1 aliphatic heterocycles. The minimum absolute atomic E-state index is 0.285. The van der Waals surface area contributed by atoms with Crippen molar-refractivity contribution < 1.29 is 4.48 Å². The zero-order valence-corrected chi connectivity index (χ0v) is 8.09. The fourth-order valence-corrected chi connectivity index (χ4v) is 1.45. The van der Waals surface area contributed by atoms with Crippen LogP contribution in [0.25, 0.3) is 0 Å². The molecular formula is C8H20N3+. The lowest BCUT2D eigenvalue weighted by Gasteiger charge is -2.50. The van der Waals surface area contributed by atoms with Gasteiger partial charge in [-0.1, -0.05) is 0 Å². The van der Waals surface area contributed by atoms with E-state index in [1.165, 1.54) is 0 Å². The van der Waals surface area contributed by atoms with Crippen LogP contribution < -0.4 is 5.84 Å². The summed E-state index contributed by atoms with van der Waals surface area (Å²) in [5.74, 6) is 5.75. The largest absolute Gasteiger partial charge is 0.322 e. The molecule has 1 saturated heterocycles. The van der Waals surface area contributed by atoms with Gasteiger partial charge in [-0.05, 0) is 13.8 Å². The van der Waals surface area contributed by atoms with Crippen LogP contribution in [0.5, 0.6) is 0 Å². The van der Waals surface area contributed by atoms with Crippen LogP contribution in [0.4, 0.5) is 0 Å². The molecule has 0 aliphatic carbocycles. The number of piperazine rings is 1. The summed E-state index contributed by atoms with van der Waals surface area (Å²) in [7, 11) is 4.54. The van der Waals surface area contributed by atoms with Crippen molar-refractivity contribution in [2.24, 2.45) is 5.84 Å². The number of hydrazine groups is 1. The Kier molecular flexibility index (Phi) is 1.99. The molecule has 0 aromatic rings. The highest BCUT2D eigenvalue weighted by Crippen LogP contribution is 2.23. The van der Waals surface area contributed by atoms with Crippen LogP contribution in [0.2, 0.25) is 0 Å². The average Bonchev–Trinajstić information content (AvgIpc) is 1.80. The van der Waals surface area contributed by atoms with Crippen molar-refractivity contribution in [3.8, 4) is 0 Å². The van der Waals surface area contributed by atoms with Crippen molar-refractivity contribution >= 4 is 0 Å². The fourth-order valence-electron chi connectivity index (χ4n) is 1.45. The first kappa shape index (κ1) is 8.97. The van der Waals surface area contributed by atoms with Gasteiger partial charge in [0, 0.05) is 0 Å². The molecule has 3 heteroatoms. The van der Waals surface area contributed by atoms with E-state index in [0.29, 0.717) is 0 Å². The minimum atomic E-state index is 0.285. The third-order valence-corrected chi connectivity index (χ3v) is 3.17. The quantitative estimate of drug-likeness (QED) is 0.398. The maximum atomic E-state index is 5.75. The van der Waals surface area contributed by atoms with Crippen molar-refractivity contribution in [1.82, 2.24) is 5.01 Å². The fraction of sp³-hybridized carbons (Fsp3) is 1.00. The van der Waals surface area contributed by atoms with E-state index in [1.54, 1.807) is 0 Å². The Morgan fingerprint density at radius 1 is 1.36 bits per heavy atom. The lowest BCUT2D eigenvalue weighted by Crippen LogP contribution is -2.68. The third kappa shape index (κ3) is 1.55. The summed E-state index contributed by atoms with van der Waals surface area (Å²) in [4.78, 5) is 0. The van der Waals surface area contributed by atoms with E-state index in [4.69, 9.17) is 5.84 Å². The standard InChI is InChI=1S/C8H20N3/c1-8(2)7-10(9)5-6-11(8,3)4/h5-7,9H2,1-4H3/q+1. The van der Waals surface area contributed by atoms with E-state index < -0.39 is 0 Å². The van der Waals surface area contributed by atoms with E-state index in [2.05, 4.69) is 27.9 Å². The molecule has 0 bridgehead atoms. The van der Waals surface area contributed by atoms with E-state index in [0.717, 1.165) is 24.1 Å². The Balaban J connectivity index is 2.72. The van der Waals surface area contributed by atoms with Gasteiger partial charge < -0.3 is 4.48 Å². The summed E-state index contributed by atoms with van der Waals surface area (Å²) in [6.07, 6.45) is 0. The first-order valence-corrected chi connectivity index (χ1v) is 4.18. The Morgan fingerprint density at radius 3 is 2.27 bits per heavy atom. The highest BCUT2D eigenvalue weighted by molar-refractivity contribution is 4.76. The van der Waals surface area contributed by atoms with Crippen molar-refractivity contribution in [3.05, 3.63) is 0 Å². The van der Waals surface area contributed by atoms with Gasteiger partial charge in [-0.3, -0.25) is 5.84 Å². The van der Waals surface area contributed by atoms with Crippen LogP contribution >= 0.6 is 0 Å². The molecule has 0 aromatic carbocycles. The number of hydrogen-bond acceptors (Lipinski definition) is 2. The van der Waals surface area contributed by atoms with Gasteiger partial charge in [0.25, 0.3) is 0 Å². The van der Waals surface area contributed by atoms with Crippen LogP contribution in [0, 0.1) is 0 Å². The molecule has 1 aliphatic rings. The van der Waals surface area contributed by atoms with Crippen LogP contribution in [-0.2, 0) is 0 Å². The van der Waals surface area contributed by atoms with Gasteiger partial charge in [-0.25, -0.2) is 5.01 Å². The van der Waals surface area contributed by atoms with E-state index in [-0.39, 0.29) is 5.54 Å². The Hall–Kier alpha value is -0.120. The number of likely N-dealkylation sites (N-methyl/N-ethyl adjacent to an activating group) is 1. The van der Waals surface area contributed by atoms with Crippen LogP contribution in [0.15, 0.2) is 0 Å². The number of rotatable bonds is 0. The maximum Gasteiger partial charge on any atom is 0.107 e. The topological polar surface area (TPSA) is 29.3 Å². The zero-order valence-electron chi connectivity index (χ0n) is 8.09. The minimum Gasteiger partial charge on any atom is -0.322 e. The molecule has 0 spiro atoms. The third-order valence-electron chi connectivity index (χ3n) is 3.17. The predicted molar refractivity (Wildman–Crippen MR) is 46.8 cm³/mol. The number of hydrogen-bond donors (Lipinski definition) is 1. The monoisotopic (exact) mass is 158 g/mol. The molecule has 1 rings (SSSR count). The highest BCUT2D eigenvalue weighted by atomic mass is 15.5. The van der Waals surface area contributed by atoms with Gasteiger partial charge in [-0.15, -0.1) is 0 Å². The molecule has 0 atom stereocenters. The second kappa shape index (κ2) is 2.44. The Labute approximate surface area is 69.3 Å². The van der Waals surface area contributed by atoms with Crippen molar-refractivity contribution in [2.75, 3.05) is 33.7 Å². The van der Waals surface area contributed by atoms with Gasteiger partial charge in [-0.2, -0.15) is 0 Å². The normalized spacial score (nSPS) is 30.3. The van der Waals surface area contributed by atoms with Crippen LogP contribution in [0.3, 0.4) is 0 Å². The van der Waals surface area contributed by atoms with Crippen molar-refractivity contribution in [1.29, 1.82) is 0 Å². The lowest BCUT2D eigenvalue weighted by molar-refractivity contribution is -0.942. The summed E-state index contributed by atoms with van der Waals surface area (Å²) in [5, 5.41) is 1.92. The van der Waals surface area contributed by atoms with Gasteiger partial charge in [0.15, 0.2) is 0 Å². The molecule has 1 fully saturated rings. The highest BCUT2D eigenvalue weighted by Gasteiger charge is 2.41. The lowest BCUT2D eigenvalue weighted by atomic mass is 9.98. The first-order valence-electron chi connectivity index (χ1n) is 4.18. The summed E-state index contributed by atoms with van der Waals surface area (Å²) in [6.45, 7) is 7.68. The van der Waals surface area contributed by atoms with Crippen LogP contribution in [0.1, 0.15) is 13.8 Å². The second-order valence-electron chi connectivity index (χ2n) is 4.69. The number of quaternary nitrogens is 1. The average molecular weight is 158 g/mol. The SMILES string of the molecule is CC1(C)CN(N)CC[N+]1(C)C. The molecule has 0 saturated carbocycles. The molecule has 1 heterocycles. The maximum absolute atomic E-state index is 5.75. The van der Waals surface area contributed by atoms with Crippen molar-refractivity contribution in [2.45, 2.75) is 19.4 Å². The molecule has 11 heavy (non-hydrogen) atoms. The molecule has 2 N–H and O–H groups in total. The molecular weight excluding hydrogens is 138 g/mol. The van der Waals surface area contributed by atoms with Crippen molar-refractivity contribution in [3.63, 3.8) is 0 Å². The van der Waals surface area contributed by atoms with Gasteiger partial charge in [0.05, 0.1) is 33.7 Å². The van der Waals surface area contributed by atoms with E-state index in [9.17, 15) is 0 Å². The van der Waals surface area contributed by atoms with Gasteiger partial charge in [0.2, 0.25) is 0 Å². The van der Waals surface area contributed by atoms with Gasteiger partial charge in [0.1, 0.15) is 5.54 Å². The van der Waals surface area contributed by atoms with Crippen LogP contribution in [-0.4, -0.2) is 48.8 Å². The number of nitrogens with zero attached hydrogens (tertiary/aromatic N) is 2. The summed E-state index contributed by atoms with van der Waals surface area (Å²) in [5.41, 5.74) is 0.285. The summed E-state index contributed by atoms with van der Waals surface area (Å²) < 4.78 is 1.07. The van der Waals surface area contributed by atoms with Gasteiger partial charge >= 0.3 is 0 Å². The molecule has 0 unspecified atom stereocenters. The molecule has 0 aromatic heterocycles. The molecule has 66 valence electrons. The first-order chi connectivity index (χ1) is 4.85. The molecule has 3 nitrogen and oxygen atoms in total. The molecule has 0 amide bonds. The Bertz CT molecular complexity index is 151. The number of nitrogens with two attached hydrogens (primary N) is 1. The second-order valence-corrected chi connectivity index (χ2v) is 4.69. The zero-order chi connectivity index (χ0) is 8.70. The smallest absolute Gasteiger partial charge is 0.107 e. The Morgan fingerprint density at radius 2 is 1.91 bits per heavy atom.